The summed E-state index contributed by atoms with van der Waals surface area (Å²) in [5, 5.41) is 18.0. The molecular weight excluding hydrogens is 364 g/mol. The van der Waals surface area contributed by atoms with Gasteiger partial charge < -0.3 is 20.2 Å². The fraction of sp³-hybridized carbons (Fsp3) is 0.522. The van der Waals surface area contributed by atoms with Crippen LogP contribution in [0.5, 0.6) is 0 Å². The van der Waals surface area contributed by atoms with Gasteiger partial charge in [0.25, 0.3) is 0 Å². The molecule has 6 nitrogen and oxygen atoms in total. The van der Waals surface area contributed by atoms with E-state index in [0.29, 0.717) is 13.1 Å². The lowest BCUT2D eigenvalue weighted by Gasteiger charge is -2.27. The van der Waals surface area contributed by atoms with Gasteiger partial charge in [0.15, 0.2) is 5.96 Å². The van der Waals surface area contributed by atoms with E-state index >= 15 is 0 Å². The second-order valence-electron chi connectivity index (χ2n) is 8.04. The lowest BCUT2D eigenvalue weighted by Crippen LogP contribution is -2.43. The van der Waals surface area contributed by atoms with Crippen LogP contribution in [-0.2, 0) is 12.0 Å². The first-order valence-corrected chi connectivity index (χ1v) is 10.8. The van der Waals surface area contributed by atoms with Crippen molar-refractivity contribution in [3.8, 4) is 0 Å². The number of fused-ring (bicyclic) bond motifs is 1. The van der Waals surface area contributed by atoms with E-state index in [2.05, 4.69) is 28.5 Å². The summed E-state index contributed by atoms with van der Waals surface area (Å²) in [6.45, 7) is 6.09. The van der Waals surface area contributed by atoms with Crippen LogP contribution in [0.3, 0.4) is 0 Å². The smallest absolute Gasteiger partial charge is 0.191 e. The van der Waals surface area contributed by atoms with Crippen LogP contribution in [0.2, 0.25) is 0 Å². The molecule has 156 valence electrons. The van der Waals surface area contributed by atoms with E-state index in [9.17, 15) is 5.11 Å². The Morgan fingerprint density at radius 3 is 2.79 bits per heavy atom. The molecule has 1 fully saturated rings. The monoisotopic (exact) mass is 396 g/mol. The zero-order valence-corrected chi connectivity index (χ0v) is 17.2. The summed E-state index contributed by atoms with van der Waals surface area (Å²) in [5.74, 6) is 1.72. The molecule has 6 heteroatoms. The molecule has 1 aliphatic carbocycles. The van der Waals surface area contributed by atoms with Gasteiger partial charge in [0, 0.05) is 13.1 Å². The molecule has 0 spiro atoms. The van der Waals surface area contributed by atoms with E-state index in [1.807, 2.05) is 30.3 Å². The van der Waals surface area contributed by atoms with Crippen molar-refractivity contribution in [3.63, 3.8) is 0 Å². The van der Waals surface area contributed by atoms with Crippen LogP contribution in [0.1, 0.15) is 49.1 Å². The van der Waals surface area contributed by atoms with Crippen LogP contribution >= 0.6 is 0 Å². The number of rotatable bonds is 7. The van der Waals surface area contributed by atoms with Crippen LogP contribution in [0, 0.1) is 0 Å². The molecular formula is C23H32N4O2. The van der Waals surface area contributed by atoms with Gasteiger partial charge in [-0.3, -0.25) is 4.90 Å². The van der Waals surface area contributed by atoms with E-state index in [1.54, 1.807) is 6.26 Å². The Balaban J connectivity index is 1.44. The van der Waals surface area contributed by atoms with Crippen LogP contribution in [0.15, 0.2) is 52.1 Å². The number of benzene rings is 1. The number of aliphatic imine (C=N–C) groups is 1. The lowest BCUT2D eigenvalue weighted by atomic mass is 9.96. The molecule has 1 aromatic heterocycles. The second kappa shape index (κ2) is 9.01. The molecule has 0 radical (unpaired) electrons. The summed E-state index contributed by atoms with van der Waals surface area (Å²) < 4.78 is 5.71. The number of nitrogens with zero attached hydrogens (tertiary/aromatic N) is 2. The molecule has 0 amide bonds. The van der Waals surface area contributed by atoms with Crippen molar-refractivity contribution < 1.29 is 9.52 Å². The first-order valence-electron chi connectivity index (χ1n) is 10.8. The number of aliphatic hydroxyl groups is 1. The van der Waals surface area contributed by atoms with Crippen LogP contribution < -0.4 is 10.6 Å². The minimum atomic E-state index is -0.881. The van der Waals surface area contributed by atoms with E-state index < -0.39 is 5.60 Å². The molecule has 2 unspecified atom stereocenters. The maximum atomic E-state index is 11.2. The average molecular weight is 397 g/mol. The molecule has 0 bridgehead atoms. The number of guanidine groups is 1. The van der Waals surface area contributed by atoms with E-state index in [4.69, 9.17) is 9.41 Å². The fourth-order valence-electron chi connectivity index (χ4n) is 4.52. The highest BCUT2D eigenvalue weighted by Crippen LogP contribution is 2.36. The van der Waals surface area contributed by atoms with Crippen molar-refractivity contribution in [2.75, 3.05) is 32.7 Å². The van der Waals surface area contributed by atoms with Crippen LogP contribution in [-0.4, -0.2) is 48.7 Å². The zero-order valence-electron chi connectivity index (χ0n) is 17.2. The predicted molar refractivity (Wildman–Crippen MR) is 115 cm³/mol. The van der Waals surface area contributed by atoms with E-state index in [1.165, 1.54) is 18.4 Å². The summed E-state index contributed by atoms with van der Waals surface area (Å²) in [6, 6.07) is 12.3. The number of likely N-dealkylation sites (tertiary alicyclic amines) is 1. The molecule has 2 aliphatic rings. The molecule has 3 N–H and O–H groups in total. The number of furan rings is 1. The minimum absolute atomic E-state index is 0.187. The average Bonchev–Trinajstić information content (AvgIpc) is 3.50. The van der Waals surface area contributed by atoms with Crippen molar-refractivity contribution in [1.82, 2.24) is 15.5 Å². The molecule has 29 heavy (non-hydrogen) atoms. The first-order chi connectivity index (χ1) is 14.2. The molecule has 4 rings (SSSR count). The Labute approximate surface area is 173 Å². The Morgan fingerprint density at radius 1 is 1.21 bits per heavy atom. The third-order valence-corrected chi connectivity index (χ3v) is 6.09. The maximum absolute atomic E-state index is 11.2. The number of hydrogen-bond donors (Lipinski definition) is 3. The third-order valence-electron chi connectivity index (χ3n) is 6.09. The molecule has 1 aromatic carbocycles. The number of nitrogens with one attached hydrogen (secondary N) is 2. The zero-order chi connectivity index (χ0) is 20.1. The van der Waals surface area contributed by atoms with Crippen molar-refractivity contribution in [1.29, 1.82) is 0 Å². The van der Waals surface area contributed by atoms with Gasteiger partial charge in [-0.05, 0) is 69.0 Å². The Bertz CT molecular complexity index is 814. The highest BCUT2D eigenvalue weighted by molar-refractivity contribution is 5.79. The molecule has 2 heterocycles. The molecule has 0 saturated carbocycles. The summed E-state index contributed by atoms with van der Waals surface area (Å²) in [7, 11) is 0. The quantitative estimate of drug-likeness (QED) is 0.496. The van der Waals surface area contributed by atoms with Gasteiger partial charge in [-0.15, -0.1) is 0 Å². The summed E-state index contributed by atoms with van der Waals surface area (Å²) in [4.78, 5) is 7.21. The van der Waals surface area contributed by atoms with Gasteiger partial charge in [-0.2, -0.15) is 0 Å². The Hall–Kier alpha value is -2.31. The SMILES string of the molecule is CCNC(=NCC1(O)CCc2ccccc21)NCC(c1ccco1)N1CCCC1. The molecule has 1 saturated heterocycles. The van der Waals surface area contributed by atoms with Crippen LogP contribution in [0.25, 0.3) is 0 Å². The number of hydrogen-bond acceptors (Lipinski definition) is 4. The summed E-state index contributed by atoms with van der Waals surface area (Å²) in [5.41, 5.74) is 1.37. The van der Waals surface area contributed by atoms with Crippen molar-refractivity contribution in [2.45, 2.75) is 44.2 Å². The number of aryl methyl sites for hydroxylation is 1. The van der Waals surface area contributed by atoms with Gasteiger partial charge in [0.05, 0.1) is 18.8 Å². The van der Waals surface area contributed by atoms with Gasteiger partial charge in [0.1, 0.15) is 11.4 Å². The first kappa shape index (κ1) is 20.0. The second-order valence-corrected chi connectivity index (χ2v) is 8.04. The van der Waals surface area contributed by atoms with Gasteiger partial charge in [-0.25, -0.2) is 4.99 Å². The Morgan fingerprint density at radius 2 is 2.03 bits per heavy atom. The normalized spacial score (nSPS) is 23.2. The third kappa shape index (κ3) is 4.49. The van der Waals surface area contributed by atoms with E-state index in [0.717, 1.165) is 49.8 Å². The summed E-state index contributed by atoms with van der Waals surface area (Å²) in [6.07, 6.45) is 5.83. The summed E-state index contributed by atoms with van der Waals surface area (Å²) >= 11 is 0. The van der Waals surface area contributed by atoms with Crippen molar-refractivity contribution in [2.24, 2.45) is 4.99 Å². The largest absolute Gasteiger partial charge is 0.468 e. The molecule has 1 aliphatic heterocycles. The van der Waals surface area contributed by atoms with Crippen molar-refractivity contribution >= 4 is 5.96 Å². The topological polar surface area (TPSA) is 73.0 Å². The minimum Gasteiger partial charge on any atom is -0.468 e. The Kier molecular flexibility index (Phi) is 6.21. The highest BCUT2D eigenvalue weighted by atomic mass is 16.3. The predicted octanol–water partition coefficient (Wildman–Crippen LogP) is 2.81. The van der Waals surface area contributed by atoms with Gasteiger partial charge in [0.2, 0.25) is 0 Å². The van der Waals surface area contributed by atoms with Gasteiger partial charge in [-0.1, -0.05) is 24.3 Å². The van der Waals surface area contributed by atoms with Crippen LogP contribution in [0.4, 0.5) is 0 Å². The lowest BCUT2D eigenvalue weighted by molar-refractivity contribution is 0.0485. The van der Waals surface area contributed by atoms with Crippen molar-refractivity contribution in [3.05, 3.63) is 59.5 Å². The maximum Gasteiger partial charge on any atom is 0.191 e. The molecule has 2 aromatic rings. The van der Waals surface area contributed by atoms with Gasteiger partial charge >= 0.3 is 0 Å². The fourth-order valence-corrected chi connectivity index (χ4v) is 4.52. The molecule has 2 atom stereocenters. The standard InChI is InChI=1S/C23H32N4O2/c1-2-24-22(26-17-23(28)12-11-18-8-3-4-9-19(18)23)25-16-20(21-10-7-15-29-21)27-13-5-6-14-27/h3-4,7-10,15,20,28H,2,5-6,11-14,16-17H2,1H3,(H2,24,25,26). The van der Waals surface area contributed by atoms with E-state index in [-0.39, 0.29) is 6.04 Å². The highest BCUT2D eigenvalue weighted by Gasteiger charge is 2.36.